The molecule has 1 aromatic heterocycles. The Morgan fingerprint density at radius 2 is 2.36 bits per heavy atom. The van der Waals surface area contributed by atoms with Crippen molar-refractivity contribution in [3.05, 3.63) is 17.0 Å². The van der Waals surface area contributed by atoms with Gasteiger partial charge in [0.15, 0.2) is 0 Å². The summed E-state index contributed by atoms with van der Waals surface area (Å²) in [5.74, 6) is 0. The molecule has 1 aromatic rings. The van der Waals surface area contributed by atoms with Crippen molar-refractivity contribution in [3.8, 4) is 0 Å². The third-order valence-corrected chi connectivity index (χ3v) is 2.76. The van der Waals surface area contributed by atoms with Gasteiger partial charge in [0.2, 0.25) is 0 Å². The minimum atomic E-state index is -0.851. The predicted molar refractivity (Wildman–Crippen MR) is 52.7 cm³/mol. The van der Waals surface area contributed by atoms with Crippen LogP contribution in [0, 0.1) is 0 Å². The van der Waals surface area contributed by atoms with E-state index in [0.717, 1.165) is 23.4 Å². The van der Waals surface area contributed by atoms with Crippen molar-refractivity contribution in [2.45, 2.75) is 45.4 Å². The standard InChI is InChI=1S/C10H16FN3/c1-6(2)14-9-4-3-7(11)10(9)8(5-12)13-14/h6-7H,3-5,12H2,1-2H3. The molecule has 1 atom stereocenters. The fourth-order valence-corrected chi connectivity index (χ4v) is 2.13. The van der Waals surface area contributed by atoms with E-state index >= 15 is 0 Å². The molecule has 2 N–H and O–H groups in total. The van der Waals surface area contributed by atoms with Crippen LogP contribution in [0.2, 0.25) is 0 Å². The summed E-state index contributed by atoms with van der Waals surface area (Å²) in [7, 11) is 0. The van der Waals surface area contributed by atoms with Crippen molar-refractivity contribution in [1.29, 1.82) is 0 Å². The summed E-state index contributed by atoms with van der Waals surface area (Å²) in [6, 6.07) is 0.286. The van der Waals surface area contributed by atoms with Crippen LogP contribution in [0.5, 0.6) is 0 Å². The van der Waals surface area contributed by atoms with E-state index in [4.69, 9.17) is 5.73 Å². The summed E-state index contributed by atoms with van der Waals surface area (Å²) in [4.78, 5) is 0. The SMILES string of the molecule is CC(C)n1nc(CN)c2c1CCC2F. The summed E-state index contributed by atoms with van der Waals surface area (Å²) >= 11 is 0. The van der Waals surface area contributed by atoms with E-state index in [2.05, 4.69) is 18.9 Å². The van der Waals surface area contributed by atoms with Crippen LogP contribution in [-0.4, -0.2) is 9.78 Å². The Hall–Kier alpha value is -0.900. The maximum atomic E-state index is 13.5. The zero-order valence-electron chi connectivity index (χ0n) is 8.63. The van der Waals surface area contributed by atoms with Gasteiger partial charge in [-0.05, 0) is 26.7 Å². The van der Waals surface area contributed by atoms with Gasteiger partial charge >= 0.3 is 0 Å². The lowest BCUT2D eigenvalue weighted by atomic mass is 10.2. The first-order valence-electron chi connectivity index (χ1n) is 5.09. The van der Waals surface area contributed by atoms with Crippen LogP contribution in [0.3, 0.4) is 0 Å². The van der Waals surface area contributed by atoms with Crippen molar-refractivity contribution in [2.75, 3.05) is 0 Å². The monoisotopic (exact) mass is 197 g/mol. The molecule has 0 aliphatic heterocycles. The van der Waals surface area contributed by atoms with Crippen LogP contribution in [0.15, 0.2) is 0 Å². The highest BCUT2D eigenvalue weighted by atomic mass is 19.1. The van der Waals surface area contributed by atoms with Crippen LogP contribution in [0.25, 0.3) is 0 Å². The number of alkyl halides is 1. The second-order valence-corrected chi connectivity index (χ2v) is 4.06. The van der Waals surface area contributed by atoms with Gasteiger partial charge in [-0.15, -0.1) is 0 Å². The molecule has 4 heteroatoms. The zero-order valence-corrected chi connectivity index (χ0v) is 8.63. The van der Waals surface area contributed by atoms with Gasteiger partial charge in [0.1, 0.15) is 6.17 Å². The minimum Gasteiger partial charge on any atom is -0.325 e. The Kier molecular flexibility index (Phi) is 2.31. The predicted octanol–water partition coefficient (Wildman–Crippen LogP) is 1.88. The highest BCUT2D eigenvalue weighted by Gasteiger charge is 2.30. The fourth-order valence-electron chi connectivity index (χ4n) is 2.13. The number of nitrogens with two attached hydrogens (primary N) is 1. The number of hydrogen-bond acceptors (Lipinski definition) is 2. The Bertz CT molecular complexity index is 343. The number of rotatable bonds is 2. The third-order valence-electron chi connectivity index (χ3n) is 2.76. The van der Waals surface area contributed by atoms with E-state index in [1.807, 2.05) is 4.68 Å². The Morgan fingerprint density at radius 3 is 2.93 bits per heavy atom. The summed E-state index contributed by atoms with van der Waals surface area (Å²) in [6.07, 6.45) is 0.533. The summed E-state index contributed by atoms with van der Waals surface area (Å²) in [6.45, 7) is 4.45. The second kappa shape index (κ2) is 3.35. The first-order chi connectivity index (χ1) is 6.65. The molecule has 0 amide bonds. The molecule has 0 radical (unpaired) electrons. The van der Waals surface area contributed by atoms with Crippen LogP contribution in [0.1, 0.15) is 49.4 Å². The third kappa shape index (κ3) is 1.25. The van der Waals surface area contributed by atoms with E-state index in [1.165, 1.54) is 0 Å². The molecule has 0 saturated heterocycles. The van der Waals surface area contributed by atoms with Gasteiger partial charge in [0, 0.05) is 23.8 Å². The normalized spacial score (nSPS) is 20.5. The maximum absolute atomic E-state index is 13.5. The van der Waals surface area contributed by atoms with Gasteiger partial charge in [-0.2, -0.15) is 5.10 Å². The van der Waals surface area contributed by atoms with Crippen LogP contribution >= 0.6 is 0 Å². The zero-order chi connectivity index (χ0) is 10.3. The van der Waals surface area contributed by atoms with Crippen molar-refractivity contribution >= 4 is 0 Å². The number of halogens is 1. The quantitative estimate of drug-likeness (QED) is 0.786. The highest BCUT2D eigenvalue weighted by Crippen LogP contribution is 2.37. The molecule has 1 aliphatic carbocycles. The maximum Gasteiger partial charge on any atom is 0.129 e. The lowest BCUT2D eigenvalue weighted by molar-refractivity contribution is 0.340. The average Bonchev–Trinajstić information content (AvgIpc) is 2.66. The van der Waals surface area contributed by atoms with Crippen LogP contribution in [0.4, 0.5) is 4.39 Å². The molecule has 2 rings (SSSR count). The van der Waals surface area contributed by atoms with Gasteiger partial charge in [-0.3, -0.25) is 4.68 Å². The average molecular weight is 197 g/mol. The lowest BCUT2D eigenvalue weighted by Gasteiger charge is -2.08. The van der Waals surface area contributed by atoms with Gasteiger partial charge in [-0.25, -0.2) is 4.39 Å². The van der Waals surface area contributed by atoms with E-state index in [1.54, 1.807) is 0 Å². The van der Waals surface area contributed by atoms with Gasteiger partial charge in [-0.1, -0.05) is 0 Å². The molecule has 1 aliphatic rings. The highest BCUT2D eigenvalue weighted by molar-refractivity contribution is 5.33. The smallest absolute Gasteiger partial charge is 0.129 e. The van der Waals surface area contributed by atoms with Gasteiger partial charge < -0.3 is 5.73 Å². The first-order valence-corrected chi connectivity index (χ1v) is 5.09. The molecule has 0 fully saturated rings. The Labute approximate surface area is 83.1 Å². The van der Waals surface area contributed by atoms with E-state index in [9.17, 15) is 4.39 Å². The summed E-state index contributed by atoms with van der Waals surface area (Å²) in [5, 5.41) is 4.35. The number of fused-ring (bicyclic) bond motifs is 1. The molecule has 0 saturated carbocycles. The molecule has 1 heterocycles. The first kappa shape index (κ1) is 9.65. The summed E-state index contributed by atoms with van der Waals surface area (Å²) in [5.41, 5.74) is 8.11. The summed E-state index contributed by atoms with van der Waals surface area (Å²) < 4.78 is 15.4. The Morgan fingerprint density at radius 1 is 1.64 bits per heavy atom. The Balaban J connectivity index is 2.51. The van der Waals surface area contributed by atoms with E-state index < -0.39 is 6.17 Å². The van der Waals surface area contributed by atoms with Crippen molar-refractivity contribution in [3.63, 3.8) is 0 Å². The molecule has 0 bridgehead atoms. The topological polar surface area (TPSA) is 43.8 Å². The fraction of sp³-hybridized carbons (Fsp3) is 0.700. The van der Waals surface area contributed by atoms with Crippen molar-refractivity contribution in [1.82, 2.24) is 9.78 Å². The van der Waals surface area contributed by atoms with Crippen LogP contribution in [-0.2, 0) is 13.0 Å². The minimum absolute atomic E-state index is 0.286. The molecular formula is C10H16FN3. The molecular weight excluding hydrogens is 181 g/mol. The molecule has 1 unspecified atom stereocenters. The lowest BCUT2D eigenvalue weighted by Crippen LogP contribution is -2.08. The van der Waals surface area contributed by atoms with Crippen LogP contribution < -0.4 is 5.73 Å². The van der Waals surface area contributed by atoms with E-state index in [0.29, 0.717) is 13.0 Å². The van der Waals surface area contributed by atoms with Gasteiger partial charge in [0.25, 0.3) is 0 Å². The number of hydrogen-bond donors (Lipinski definition) is 1. The van der Waals surface area contributed by atoms with Crippen molar-refractivity contribution in [2.24, 2.45) is 5.73 Å². The molecule has 0 spiro atoms. The number of aromatic nitrogens is 2. The second-order valence-electron chi connectivity index (χ2n) is 4.06. The molecule has 3 nitrogen and oxygen atoms in total. The number of nitrogens with zero attached hydrogens (tertiary/aromatic N) is 2. The van der Waals surface area contributed by atoms with Gasteiger partial charge in [0.05, 0.1) is 5.69 Å². The molecule has 78 valence electrons. The largest absolute Gasteiger partial charge is 0.325 e. The molecule has 0 aromatic carbocycles. The van der Waals surface area contributed by atoms with E-state index in [-0.39, 0.29) is 6.04 Å². The van der Waals surface area contributed by atoms with Crippen molar-refractivity contribution < 1.29 is 4.39 Å². The molecule has 14 heavy (non-hydrogen) atoms.